The van der Waals surface area contributed by atoms with Crippen molar-refractivity contribution in [2.24, 2.45) is 5.92 Å². The average molecular weight is 452 g/mol. The number of thiazole rings is 1. The number of likely N-dealkylation sites (tertiary alicyclic amines) is 1. The summed E-state index contributed by atoms with van der Waals surface area (Å²) in [6.45, 7) is 1.05. The molecule has 2 amide bonds. The first-order valence-corrected chi connectivity index (χ1v) is 11.3. The third kappa shape index (κ3) is 4.91. The summed E-state index contributed by atoms with van der Waals surface area (Å²) in [6.07, 6.45) is 3.02. The van der Waals surface area contributed by atoms with Gasteiger partial charge in [0.1, 0.15) is 16.5 Å². The highest BCUT2D eigenvalue weighted by Gasteiger charge is 2.28. The summed E-state index contributed by atoms with van der Waals surface area (Å²) in [5, 5.41) is 5.89. The number of aromatic nitrogens is 1. The second kappa shape index (κ2) is 9.82. The normalized spacial score (nSPS) is 14.1. The summed E-state index contributed by atoms with van der Waals surface area (Å²) in [5.41, 5.74) is 2.31. The van der Waals surface area contributed by atoms with Gasteiger partial charge >= 0.3 is 0 Å². The molecule has 1 fully saturated rings. The maximum atomic E-state index is 12.9. The molecule has 7 nitrogen and oxygen atoms in total. The Labute approximate surface area is 191 Å². The number of nitrogens with zero attached hydrogens (tertiary/aromatic N) is 2. The Morgan fingerprint density at radius 1 is 1.03 bits per heavy atom. The molecule has 0 spiro atoms. The molecule has 8 heteroatoms. The van der Waals surface area contributed by atoms with E-state index < -0.39 is 0 Å². The van der Waals surface area contributed by atoms with Crippen LogP contribution in [0.5, 0.6) is 11.5 Å². The van der Waals surface area contributed by atoms with E-state index in [9.17, 15) is 9.59 Å². The molecule has 1 aromatic heterocycles. The molecule has 0 atom stereocenters. The summed E-state index contributed by atoms with van der Waals surface area (Å²) < 4.78 is 10.5. The van der Waals surface area contributed by atoms with Gasteiger partial charge < -0.3 is 19.7 Å². The predicted molar refractivity (Wildman–Crippen MR) is 124 cm³/mol. The lowest BCUT2D eigenvalue weighted by Gasteiger charge is -2.31. The number of ether oxygens (including phenoxy) is 2. The molecule has 1 aliphatic heterocycles. The fourth-order valence-electron chi connectivity index (χ4n) is 3.76. The van der Waals surface area contributed by atoms with Crippen LogP contribution < -0.4 is 14.8 Å². The zero-order valence-electron chi connectivity index (χ0n) is 18.0. The van der Waals surface area contributed by atoms with Crippen LogP contribution in [-0.2, 0) is 4.79 Å². The smallest absolute Gasteiger partial charge is 0.254 e. The minimum atomic E-state index is -0.127. The Morgan fingerprint density at radius 3 is 2.25 bits per heavy atom. The van der Waals surface area contributed by atoms with Gasteiger partial charge in [0.2, 0.25) is 5.91 Å². The first-order valence-electron chi connectivity index (χ1n) is 10.4. The first-order chi connectivity index (χ1) is 15.6. The fourth-order valence-corrected chi connectivity index (χ4v) is 4.41. The molecule has 0 radical (unpaired) electrons. The zero-order valence-corrected chi connectivity index (χ0v) is 18.9. The number of hydrogen-bond acceptors (Lipinski definition) is 6. The van der Waals surface area contributed by atoms with Crippen LogP contribution in [0.3, 0.4) is 0 Å². The van der Waals surface area contributed by atoms with E-state index in [-0.39, 0.29) is 17.7 Å². The lowest BCUT2D eigenvalue weighted by Crippen LogP contribution is -2.41. The highest BCUT2D eigenvalue weighted by Crippen LogP contribution is 2.27. The van der Waals surface area contributed by atoms with Crippen molar-refractivity contribution in [3.63, 3.8) is 0 Å². The number of carbonyl (C=O) groups is 2. The molecular formula is C24H25N3O4S. The molecule has 1 saturated heterocycles. The summed E-state index contributed by atoms with van der Waals surface area (Å²) in [5.74, 6) is 0.921. The number of nitrogens with one attached hydrogen (secondary N) is 1. The lowest BCUT2D eigenvalue weighted by molar-refractivity contribution is -0.121. The maximum absolute atomic E-state index is 12.9. The molecule has 32 heavy (non-hydrogen) atoms. The van der Waals surface area contributed by atoms with E-state index >= 15 is 0 Å². The van der Waals surface area contributed by atoms with Crippen LogP contribution in [0.4, 0.5) is 5.69 Å². The molecule has 3 aromatic rings. The Hall–Kier alpha value is -3.39. The molecule has 0 saturated carbocycles. The predicted octanol–water partition coefficient (Wildman–Crippen LogP) is 4.32. The molecule has 0 aliphatic carbocycles. The highest BCUT2D eigenvalue weighted by atomic mass is 32.1. The topological polar surface area (TPSA) is 80.8 Å². The molecular weight excluding hydrogens is 426 g/mol. The number of methoxy groups -OCH3 is 2. The minimum absolute atomic E-state index is 0.0119. The molecule has 166 valence electrons. The molecule has 1 aliphatic rings. The van der Waals surface area contributed by atoms with Crippen LogP contribution in [0.15, 0.2) is 54.0 Å². The van der Waals surface area contributed by atoms with E-state index in [0.717, 1.165) is 16.3 Å². The van der Waals surface area contributed by atoms with Crippen LogP contribution in [-0.4, -0.2) is 49.0 Å². The summed E-state index contributed by atoms with van der Waals surface area (Å²) in [4.78, 5) is 31.8. The van der Waals surface area contributed by atoms with Gasteiger partial charge in [0.15, 0.2) is 0 Å². The van der Waals surface area contributed by atoms with Gasteiger partial charge in [-0.1, -0.05) is 0 Å². The van der Waals surface area contributed by atoms with Crippen molar-refractivity contribution >= 4 is 28.8 Å². The van der Waals surface area contributed by atoms with E-state index in [0.29, 0.717) is 43.0 Å². The number of anilines is 1. The van der Waals surface area contributed by atoms with Gasteiger partial charge in [0.25, 0.3) is 5.91 Å². The Bertz CT molecular complexity index is 1050. The second-order valence-electron chi connectivity index (χ2n) is 7.57. The van der Waals surface area contributed by atoms with E-state index in [1.165, 1.54) is 0 Å². The summed E-state index contributed by atoms with van der Waals surface area (Å²) >= 11 is 1.58. The van der Waals surface area contributed by atoms with Gasteiger partial charge in [-0.15, -0.1) is 11.3 Å². The Kier molecular flexibility index (Phi) is 6.70. The molecule has 1 N–H and O–H groups in total. The van der Waals surface area contributed by atoms with Crippen molar-refractivity contribution in [3.05, 3.63) is 59.6 Å². The van der Waals surface area contributed by atoms with Gasteiger partial charge in [0, 0.05) is 53.5 Å². The van der Waals surface area contributed by atoms with Crippen molar-refractivity contribution < 1.29 is 19.1 Å². The monoisotopic (exact) mass is 451 g/mol. The third-order valence-electron chi connectivity index (χ3n) is 5.58. The van der Waals surface area contributed by atoms with Gasteiger partial charge in [-0.05, 0) is 49.2 Å². The third-order valence-corrected chi connectivity index (χ3v) is 6.41. The fraction of sp³-hybridized carbons (Fsp3) is 0.292. The molecule has 2 heterocycles. The van der Waals surface area contributed by atoms with Crippen LogP contribution in [0.1, 0.15) is 23.2 Å². The Balaban J connectivity index is 1.33. The molecule has 0 unspecified atom stereocenters. The molecule has 0 bridgehead atoms. The van der Waals surface area contributed by atoms with Crippen LogP contribution >= 0.6 is 11.3 Å². The summed E-state index contributed by atoms with van der Waals surface area (Å²) in [6, 6.07) is 12.8. The SMILES string of the molecule is COc1cc(OC)cc(C(=O)N2CCC(C(=O)Nc3ccc(-c4nccs4)cc3)CC2)c1. The number of benzene rings is 2. The number of piperidine rings is 1. The molecule has 4 rings (SSSR count). The molecule has 2 aromatic carbocycles. The standard InChI is InChI=1S/C24H25N3O4S/c1-30-20-13-18(14-21(15-20)31-2)24(29)27-10-7-16(8-11-27)22(28)26-19-5-3-17(4-6-19)23-25-9-12-32-23/h3-6,9,12-16H,7-8,10-11H2,1-2H3,(H,26,28). The number of carbonyl (C=O) groups excluding carboxylic acids is 2. The number of rotatable bonds is 6. The van der Waals surface area contributed by atoms with Gasteiger partial charge in [-0.3, -0.25) is 9.59 Å². The van der Waals surface area contributed by atoms with Crippen LogP contribution in [0.25, 0.3) is 10.6 Å². The van der Waals surface area contributed by atoms with E-state index in [2.05, 4.69) is 10.3 Å². The van der Waals surface area contributed by atoms with Crippen molar-refractivity contribution in [3.8, 4) is 22.1 Å². The summed E-state index contributed by atoms with van der Waals surface area (Å²) in [7, 11) is 3.11. The van der Waals surface area contributed by atoms with Crippen molar-refractivity contribution in [1.29, 1.82) is 0 Å². The van der Waals surface area contributed by atoms with E-state index in [4.69, 9.17) is 9.47 Å². The van der Waals surface area contributed by atoms with Crippen molar-refractivity contribution in [2.45, 2.75) is 12.8 Å². The van der Waals surface area contributed by atoms with Crippen molar-refractivity contribution in [1.82, 2.24) is 9.88 Å². The first kappa shape index (κ1) is 21.8. The second-order valence-corrected chi connectivity index (χ2v) is 8.47. The average Bonchev–Trinajstić information content (AvgIpc) is 3.39. The van der Waals surface area contributed by atoms with Gasteiger partial charge in [0.05, 0.1) is 14.2 Å². The quantitative estimate of drug-likeness (QED) is 0.604. The Morgan fingerprint density at radius 2 is 1.69 bits per heavy atom. The number of amides is 2. The number of hydrogen-bond donors (Lipinski definition) is 1. The minimum Gasteiger partial charge on any atom is -0.497 e. The van der Waals surface area contributed by atoms with Gasteiger partial charge in [-0.25, -0.2) is 4.98 Å². The van der Waals surface area contributed by atoms with E-state index in [1.54, 1.807) is 54.9 Å². The van der Waals surface area contributed by atoms with Crippen LogP contribution in [0.2, 0.25) is 0 Å². The van der Waals surface area contributed by atoms with Crippen LogP contribution in [0, 0.1) is 5.92 Å². The largest absolute Gasteiger partial charge is 0.497 e. The van der Waals surface area contributed by atoms with Crippen molar-refractivity contribution in [2.75, 3.05) is 32.6 Å². The van der Waals surface area contributed by atoms with E-state index in [1.807, 2.05) is 29.6 Å². The zero-order chi connectivity index (χ0) is 22.5. The highest BCUT2D eigenvalue weighted by molar-refractivity contribution is 7.13. The maximum Gasteiger partial charge on any atom is 0.254 e. The van der Waals surface area contributed by atoms with Gasteiger partial charge in [-0.2, -0.15) is 0 Å². The lowest BCUT2D eigenvalue weighted by atomic mass is 9.95.